The molecule has 1 aliphatic rings. The standard InChI is InChI=1S/C29H22N6O/c1-33-19-34(29-28(33)31-15-16-32-29)20-7-6-8-21(17-20)36-22-12-13-24-23-9-2-3-10-25(23)35(26(24)18-22)27-11-4-5-14-30-27/h2-18H,19H2,1H3. The van der Waals surface area contributed by atoms with Crippen LogP contribution in [0.3, 0.4) is 0 Å². The molecule has 0 N–H and O–H groups in total. The fourth-order valence-electron chi connectivity index (χ4n) is 4.93. The number of hydrogen-bond acceptors (Lipinski definition) is 6. The highest BCUT2D eigenvalue weighted by Gasteiger charge is 2.27. The molecule has 0 fully saturated rings. The Labute approximate surface area is 207 Å². The van der Waals surface area contributed by atoms with E-state index in [0.717, 1.165) is 51.1 Å². The molecule has 3 aromatic heterocycles. The Morgan fingerprint density at radius 3 is 2.36 bits per heavy atom. The Morgan fingerprint density at radius 2 is 1.47 bits per heavy atom. The number of hydrogen-bond donors (Lipinski definition) is 0. The van der Waals surface area contributed by atoms with Gasteiger partial charge in [-0.25, -0.2) is 15.0 Å². The topological polar surface area (TPSA) is 59.3 Å². The molecule has 0 amide bonds. The van der Waals surface area contributed by atoms with Crippen molar-refractivity contribution >= 4 is 39.1 Å². The lowest BCUT2D eigenvalue weighted by atomic mass is 10.1. The second kappa shape index (κ2) is 8.09. The van der Waals surface area contributed by atoms with Crippen LogP contribution in [0, 0.1) is 0 Å². The predicted octanol–water partition coefficient (Wildman–Crippen LogP) is 6.31. The molecular formula is C29H22N6O. The molecule has 3 aromatic carbocycles. The summed E-state index contributed by atoms with van der Waals surface area (Å²) in [5, 5.41) is 2.34. The van der Waals surface area contributed by atoms with Crippen LogP contribution in [-0.4, -0.2) is 33.2 Å². The zero-order valence-electron chi connectivity index (χ0n) is 19.6. The number of ether oxygens (including phenoxy) is 1. The van der Waals surface area contributed by atoms with Gasteiger partial charge in [-0.3, -0.25) is 4.57 Å². The van der Waals surface area contributed by atoms with Crippen molar-refractivity contribution in [1.82, 2.24) is 19.5 Å². The van der Waals surface area contributed by atoms with Gasteiger partial charge in [-0.1, -0.05) is 30.3 Å². The number of benzene rings is 3. The van der Waals surface area contributed by atoms with Gasteiger partial charge in [0.15, 0.2) is 11.6 Å². The second-order valence-corrected chi connectivity index (χ2v) is 8.79. The third kappa shape index (κ3) is 3.25. The molecular weight excluding hydrogens is 448 g/mol. The molecule has 36 heavy (non-hydrogen) atoms. The number of fused-ring (bicyclic) bond motifs is 4. The third-order valence-electron chi connectivity index (χ3n) is 6.52. The van der Waals surface area contributed by atoms with Crippen LogP contribution in [0.2, 0.25) is 0 Å². The molecule has 4 heterocycles. The van der Waals surface area contributed by atoms with Crippen LogP contribution in [0.4, 0.5) is 17.3 Å². The third-order valence-corrected chi connectivity index (χ3v) is 6.52. The summed E-state index contributed by atoms with van der Waals surface area (Å²) in [6, 6.07) is 28.7. The van der Waals surface area contributed by atoms with Gasteiger partial charge in [0.05, 0.1) is 17.7 Å². The molecule has 0 radical (unpaired) electrons. The van der Waals surface area contributed by atoms with Gasteiger partial charge in [0.25, 0.3) is 0 Å². The van der Waals surface area contributed by atoms with Crippen molar-refractivity contribution in [2.75, 3.05) is 23.5 Å². The van der Waals surface area contributed by atoms with E-state index in [1.807, 2.05) is 55.7 Å². The molecule has 7 heteroatoms. The molecule has 0 unspecified atom stereocenters. The molecule has 0 aliphatic carbocycles. The maximum absolute atomic E-state index is 6.38. The van der Waals surface area contributed by atoms with E-state index in [1.54, 1.807) is 12.4 Å². The van der Waals surface area contributed by atoms with Crippen LogP contribution in [0.25, 0.3) is 27.6 Å². The highest BCUT2D eigenvalue weighted by atomic mass is 16.5. The van der Waals surface area contributed by atoms with Gasteiger partial charge in [0.1, 0.15) is 17.3 Å². The van der Waals surface area contributed by atoms with E-state index in [0.29, 0.717) is 6.67 Å². The summed E-state index contributed by atoms with van der Waals surface area (Å²) < 4.78 is 8.56. The predicted molar refractivity (Wildman–Crippen MR) is 143 cm³/mol. The number of nitrogens with zero attached hydrogens (tertiary/aromatic N) is 6. The number of para-hydroxylation sites is 1. The van der Waals surface area contributed by atoms with Crippen molar-refractivity contribution in [3.05, 3.63) is 104 Å². The van der Waals surface area contributed by atoms with Crippen LogP contribution in [0.5, 0.6) is 11.5 Å². The van der Waals surface area contributed by atoms with E-state index in [-0.39, 0.29) is 0 Å². The quantitative estimate of drug-likeness (QED) is 0.301. The first kappa shape index (κ1) is 20.5. The van der Waals surface area contributed by atoms with Crippen molar-refractivity contribution < 1.29 is 4.74 Å². The maximum Gasteiger partial charge on any atom is 0.178 e. The summed E-state index contributed by atoms with van der Waals surface area (Å²) in [6.07, 6.45) is 5.26. The number of aromatic nitrogens is 4. The van der Waals surface area contributed by atoms with Crippen molar-refractivity contribution in [3.8, 4) is 17.3 Å². The summed E-state index contributed by atoms with van der Waals surface area (Å²) in [6.45, 7) is 0.680. The Balaban J connectivity index is 1.29. The highest BCUT2D eigenvalue weighted by Crippen LogP contribution is 2.39. The normalized spacial score (nSPS) is 12.9. The Hall–Kier alpha value is -4.91. The molecule has 6 aromatic rings. The van der Waals surface area contributed by atoms with E-state index in [4.69, 9.17) is 4.74 Å². The van der Waals surface area contributed by atoms with Crippen molar-refractivity contribution in [1.29, 1.82) is 0 Å². The van der Waals surface area contributed by atoms with Gasteiger partial charge in [-0.15, -0.1) is 0 Å². The van der Waals surface area contributed by atoms with E-state index in [1.165, 1.54) is 5.39 Å². The Kier molecular flexibility index (Phi) is 4.60. The van der Waals surface area contributed by atoms with Gasteiger partial charge in [-0.05, 0) is 42.5 Å². The largest absolute Gasteiger partial charge is 0.457 e. The highest BCUT2D eigenvalue weighted by molar-refractivity contribution is 6.09. The fourth-order valence-corrected chi connectivity index (χ4v) is 4.93. The fraction of sp³-hybridized carbons (Fsp3) is 0.0690. The summed E-state index contributed by atoms with van der Waals surface area (Å²) in [7, 11) is 2.02. The lowest BCUT2D eigenvalue weighted by molar-refractivity contribution is 0.483. The van der Waals surface area contributed by atoms with E-state index >= 15 is 0 Å². The summed E-state index contributed by atoms with van der Waals surface area (Å²) in [5.74, 6) is 4.11. The molecule has 7 nitrogen and oxygen atoms in total. The Bertz CT molecular complexity index is 1730. The Morgan fingerprint density at radius 1 is 0.667 bits per heavy atom. The van der Waals surface area contributed by atoms with Crippen molar-refractivity contribution in [2.45, 2.75) is 0 Å². The minimum absolute atomic E-state index is 0.680. The minimum atomic E-state index is 0.680. The van der Waals surface area contributed by atoms with Crippen LogP contribution in [0.1, 0.15) is 0 Å². The first-order chi connectivity index (χ1) is 17.8. The van der Waals surface area contributed by atoms with Crippen LogP contribution < -0.4 is 14.5 Å². The summed E-state index contributed by atoms with van der Waals surface area (Å²) in [5.41, 5.74) is 3.17. The lowest BCUT2D eigenvalue weighted by Crippen LogP contribution is -2.24. The average molecular weight is 471 g/mol. The van der Waals surface area contributed by atoms with Gasteiger partial charge in [0, 0.05) is 54.2 Å². The molecule has 7 rings (SSSR count). The minimum Gasteiger partial charge on any atom is -0.457 e. The first-order valence-corrected chi connectivity index (χ1v) is 11.8. The monoisotopic (exact) mass is 470 g/mol. The SMILES string of the molecule is CN1CN(c2cccc(Oc3ccc4c5ccccc5n(-c5ccccn5)c4c3)c2)c2nccnc21. The second-order valence-electron chi connectivity index (χ2n) is 8.79. The van der Waals surface area contributed by atoms with Crippen LogP contribution in [-0.2, 0) is 0 Å². The van der Waals surface area contributed by atoms with Crippen LogP contribution in [0.15, 0.2) is 104 Å². The molecule has 1 aliphatic heterocycles. The molecule has 0 saturated heterocycles. The van der Waals surface area contributed by atoms with Gasteiger partial charge < -0.3 is 14.5 Å². The van der Waals surface area contributed by atoms with E-state index in [9.17, 15) is 0 Å². The first-order valence-electron chi connectivity index (χ1n) is 11.8. The summed E-state index contributed by atoms with van der Waals surface area (Å²) >= 11 is 0. The number of pyridine rings is 1. The van der Waals surface area contributed by atoms with Gasteiger partial charge in [0.2, 0.25) is 0 Å². The molecule has 0 atom stereocenters. The number of anilines is 3. The lowest BCUT2D eigenvalue weighted by Gasteiger charge is -2.19. The van der Waals surface area contributed by atoms with E-state index < -0.39 is 0 Å². The summed E-state index contributed by atoms with van der Waals surface area (Å²) in [4.78, 5) is 17.9. The van der Waals surface area contributed by atoms with Crippen molar-refractivity contribution in [3.63, 3.8) is 0 Å². The van der Waals surface area contributed by atoms with E-state index in [2.05, 4.69) is 71.8 Å². The van der Waals surface area contributed by atoms with Gasteiger partial charge >= 0.3 is 0 Å². The smallest absolute Gasteiger partial charge is 0.178 e. The van der Waals surface area contributed by atoms with Crippen molar-refractivity contribution in [2.24, 2.45) is 0 Å². The molecule has 174 valence electrons. The van der Waals surface area contributed by atoms with Gasteiger partial charge in [-0.2, -0.15) is 0 Å². The maximum atomic E-state index is 6.38. The number of rotatable bonds is 4. The van der Waals surface area contributed by atoms with Crippen LogP contribution >= 0.6 is 0 Å². The molecule has 0 saturated carbocycles. The molecule has 0 spiro atoms. The molecule has 0 bridgehead atoms. The average Bonchev–Trinajstić information content (AvgIpc) is 3.44. The zero-order chi connectivity index (χ0) is 24.1. The zero-order valence-corrected chi connectivity index (χ0v) is 19.6.